The van der Waals surface area contributed by atoms with Crippen LogP contribution in [0.1, 0.15) is 63.4 Å². The van der Waals surface area contributed by atoms with Crippen LogP contribution in [0.5, 0.6) is 0 Å². The van der Waals surface area contributed by atoms with Crippen molar-refractivity contribution in [1.29, 1.82) is 0 Å². The number of halogens is 3. The molecule has 0 saturated heterocycles. The molecule has 0 aliphatic heterocycles. The summed E-state index contributed by atoms with van der Waals surface area (Å²) in [5.74, 6) is 0.416. The zero-order valence-electron chi connectivity index (χ0n) is 17.0. The normalized spacial score (nSPS) is 22.4. The van der Waals surface area contributed by atoms with Crippen molar-refractivity contribution in [2.75, 3.05) is 12.8 Å². The van der Waals surface area contributed by atoms with Crippen LogP contribution < -0.4 is 10.0 Å². The van der Waals surface area contributed by atoms with Gasteiger partial charge in [-0.1, -0.05) is 6.07 Å². The Bertz CT molecular complexity index is 776. The topological polar surface area (TPSA) is 91.3 Å². The molecule has 1 fully saturated rings. The third-order valence-electron chi connectivity index (χ3n) is 5.20. The van der Waals surface area contributed by atoms with Crippen LogP contribution in [0, 0.1) is 5.92 Å². The first-order valence-corrected chi connectivity index (χ1v) is 11.6. The number of hydrogen-bond donors (Lipinski definition) is 3. The summed E-state index contributed by atoms with van der Waals surface area (Å²) in [6.07, 6.45) is -0.349. The van der Waals surface area contributed by atoms with Gasteiger partial charge in [-0.3, -0.25) is 0 Å². The van der Waals surface area contributed by atoms with Crippen molar-refractivity contribution in [3.63, 3.8) is 0 Å². The number of nitrogens with zero attached hydrogens (tertiary/aromatic N) is 1. The summed E-state index contributed by atoms with van der Waals surface area (Å²) in [5, 5.41) is 13.5. The molecule has 0 aromatic carbocycles. The van der Waals surface area contributed by atoms with Gasteiger partial charge in [-0.05, 0) is 64.0 Å². The van der Waals surface area contributed by atoms with Crippen LogP contribution >= 0.6 is 0 Å². The first-order chi connectivity index (χ1) is 13.3. The lowest BCUT2D eigenvalue weighted by Gasteiger charge is -2.35. The molecule has 1 aliphatic carbocycles. The van der Waals surface area contributed by atoms with E-state index in [0.29, 0.717) is 5.92 Å². The molecule has 6 nitrogen and oxygen atoms in total. The van der Waals surface area contributed by atoms with Gasteiger partial charge in [0.15, 0.2) is 0 Å². The Labute approximate surface area is 170 Å². The van der Waals surface area contributed by atoms with Gasteiger partial charge in [0.1, 0.15) is 11.8 Å². The number of alkyl halides is 3. The van der Waals surface area contributed by atoms with Crippen LogP contribution in [-0.4, -0.2) is 42.9 Å². The fourth-order valence-corrected chi connectivity index (χ4v) is 4.69. The van der Waals surface area contributed by atoms with Gasteiger partial charge in [-0.15, -0.1) is 0 Å². The molecule has 166 valence electrons. The molecule has 1 heterocycles. The molecule has 1 aromatic rings. The molecule has 0 bridgehead atoms. The maximum Gasteiger partial charge on any atom is 0.433 e. The highest BCUT2D eigenvalue weighted by Gasteiger charge is 2.33. The predicted molar refractivity (Wildman–Crippen MR) is 105 cm³/mol. The van der Waals surface area contributed by atoms with Crippen molar-refractivity contribution in [1.82, 2.24) is 15.0 Å². The smallest absolute Gasteiger partial charge is 0.385 e. The molecule has 1 aromatic heterocycles. The van der Waals surface area contributed by atoms with E-state index in [0.717, 1.165) is 44.4 Å². The zero-order valence-corrected chi connectivity index (χ0v) is 17.8. The number of aliphatic hydroxyl groups is 1. The van der Waals surface area contributed by atoms with E-state index in [1.54, 1.807) is 0 Å². The summed E-state index contributed by atoms with van der Waals surface area (Å²) in [6.45, 7) is 4.06. The van der Waals surface area contributed by atoms with Crippen molar-refractivity contribution in [3.05, 3.63) is 29.6 Å². The van der Waals surface area contributed by atoms with E-state index in [2.05, 4.69) is 15.0 Å². The Morgan fingerprint density at radius 2 is 1.83 bits per heavy atom. The molecule has 2 rings (SSSR count). The van der Waals surface area contributed by atoms with Crippen LogP contribution in [-0.2, 0) is 16.2 Å². The second-order valence-corrected chi connectivity index (χ2v) is 10.3. The van der Waals surface area contributed by atoms with E-state index >= 15 is 0 Å². The van der Waals surface area contributed by atoms with Crippen LogP contribution in [0.3, 0.4) is 0 Å². The van der Waals surface area contributed by atoms with Gasteiger partial charge in [-0.25, -0.2) is 18.1 Å². The van der Waals surface area contributed by atoms with Gasteiger partial charge >= 0.3 is 6.18 Å². The van der Waals surface area contributed by atoms with Crippen LogP contribution in [0.15, 0.2) is 18.2 Å². The minimum absolute atomic E-state index is 0.0181. The van der Waals surface area contributed by atoms with E-state index in [1.165, 1.54) is 12.1 Å². The number of hydrogen-bond acceptors (Lipinski definition) is 5. The first kappa shape index (κ1) is 24.0. The number of aromatic nitrogens is 1. The molecule has 1 aliphatic rings. The summed E-state index contributed by atoms with van der Waals surface area (Å²) >= 11 is 0. The van der Waals surface area contributed by atoms with Gasteiger partial charge in [-0.2, -0.15) is 13.2 Å². The fraction of sp³-hybridized carbons (Fsp3) is 0.737. The minimum atomic E-state index is -4.55. The molecule has 0 radical (unpaired) electrons. The van der Waals surface area contributed by atoms with Gasteiger partial charge < -0.3 is 10.4 Å². The van der Waals surface area contributed by atoms with E-state index in [-0.39, 0.29) is 23.8 Å². The second kappa shape index (κ2) is 9.28. The molecule has 29 heavy (non-hydrogen) atoms. The number of pyridine rings is 1. The highest BCUT2D eigenvalue weighted by molar-refractivity contribution is 7.88. The first-order valence-electron chi connectivity index (χ1n) is 9.70. The number of nitrogens with one attached hydrogen (secondary N) is 2. The lowest BCUT2D eigenvalue weighted by atomic mass is 9.79. The van der Waals surface area contributed by atoms with Crippen LogP contribution in [0.2, 0.25) is 0 Å². The van der Waals surface area contributed by atoms with Gasteiger partial charge in [0.25, 0.3) is 0 Å². The average molecular weight is 438 g/mol. The van der Waals surface area contributed by atoms with Crippen molar-refractivity contribution in [3.8, 4) is 0 Å². The lowest BCUT2D eigenvalue weighted by Crippen LogP contribution is -2.44. The number of sulfonamides is 1. The molecular formula is C19H30F3N3O3S. The Morgan fingerprint density at radius 1 is 1.21 bits per heavy atom. The molecule has 1 saturated carbocycles. The maximum absolute atomic E-state index is 12.8. The Hall–Kier alpha value is -1.23. The Balaban J connectivity index is 1.84. The highest BCUT2D eigenvalue weighted by Crippen LogP contribution is 2.31. The van der Waals surface area contributed by atoms with E-state index in [9.17, 15) is 26.7 Å². The number of aliphatic hydroxyl groups excluding tert-OH is 1. The van der Waals surface area contributed by atoms with E-state index in [1.807, 2.05) is 13.8 Å². The lowest BCUT2D eigenvalue weighted by molar-refractivity contribution is -0.141. The summed E-state index contributed by atoms with van der Waals surface area (Å²) in [6, 6.07) is 3.47. The van der Waals surface area contributed by atoms with Gasteiger partial charge in [0.2, 0.25) is 10.0 Å². The number of rotatable bonds is 8. The number of β-amino-alcohol motifs (C(OH)–C–C–N with tert-alkyl or cyclic N) is 1. The monoisotopic (exact) mass is 437 g/mol. The Morgan fingerprint density at radius 3 is 2.38 bits per heavy atom. The summed E-state index contributed by atoms with van der Waals surface area (Å²) in [5.41, 5.74) is -1.37. The maximum atomic E-state index is 12.8. The molecule has 10 heteroatoms. The zero-order chi connectivity index (χ0) is 21.9. The predicted octanol–water partition coefficient (Wildman–Crippen LogP) is 3.00. The fourth-order valence-electron chi connectivity index (χ4n) is 3.85. The molecule has 0 spiro atoms. The molecule has 1 atom stereocenters. The van der Waals surface area contributed by atoms with Crippen molar-refractivity contribution in [2.45, 2.75) is 69.8 Å². The minimum Gasteiger partial charge on any atom is -0.385 e. The van der Waals surface area contributed by atoms with Crippen molar-refractivity contribution < 1.29 is 26.7 Å². The largest absolute Gasteiger partial charge is 0.433 e. The molecule has 3 N–H and O–H groups in total. The molecule has 0 amide bonds. The van der Waals surface area contributed by atoms with Crippen molar-refractivity contribution >= 4 is 10.0 Å². The summed E-state index contributed by atoms with van der Waals surface area (Å²) in [7, 11) is -3.20. The van der Waals surface area contributed by atoms with E-state index in [4.69, 9.17) is 0 Å². The third-order valence-corrected chi connectivity index (χ3v) is 5.96. The Kier molecular flexibility index (Phi) is 7.69. The third kappa shape index (κ3) is 8.19. The van der Waals surface area contributed by atoms with Crippen molar-refractivity contribution in [2.24, 2.45) is 5.92 Å². The quantitative estimate of drug-likeness (QED) is 0.582. The van der Waals surface area contributed by atoms with Gasteiger partial charge in [0.05, 0.1) is 11.9 Å². The summed E-state index contributed by atoms with van der Waals surface area (Å²) < 4.78 is 63.7. The van der Waals surface area contributed by atoms with Crippen LogP contribution in [0.4, 0.5) is 13.2 Å². The van der Waals surface area contributed by atoms with Crippen LogP contribution in [0.25, 0.3) is 0 Å². The summed E-state index contributed by atoms with van der Waals surface area (Å²) in [4.78, 5) is 3.53. The highest BCUT2D eigenvalue weighted by atomic mass is 32.2. The van der Waals surface area contributed by atoms with Gasteiger partial charge in [0, 0.05) is 18.1 Å². The van der Waals surface area contributed by atoms with E-state index < -0.39 is 28.0 Å². The average Bonchev–Trinajstić information content (AvgIpc) is 2.59. The standard InChI is InChI=1S/C19H30F3N3O3S/c1-18(2,11-13-7-9-14(10-8-13)25-29(3,27)28)23-12-16(26)15-5-4-6-17(24-15)19(20,21)22/h4-6,13-14,16,23,25-26H,7-12H2,1-3H3/t13?,14?,16-/m0/s1. The SMILES string of the molecule is CC(C)(CC1CCC(NS(C)(=O)=O)CC1)NC[C@H](O)c1cccc(C(F)(F)F)n1. The molecular weight excluding hydrogens is 407 g/mol. The molecule has 0 unspecified atom stereocenters. The second-order valence-electron chi connectivity index (χ2n) is 8.54.